The van der Waals surface area contributed by atoms with E-state index in [0.717, 1.165) is 11.3 Å². The number of nitrogens with zero attached hydrogens (tertiary/aromatic N) is 4. The summed E-state index contributed by atoms with van der Waals surface area (Å²) in [5.74, 6) is 5.53. The topological polar surface area (TPSA) is 81.7 Å². The normalized spacial score (nSPS) is 12.6. The van der Waals surface area contributed by atoms with Gasteiger partial charge in [0.05, 0.1) is 11.7 Å². The van der Waals surface area contributed by atoms with Gasteiger partial charge in [-0.25, -0.2) is 0 Å². The van der Waals surface area contributed by atoms with Crippen molar-refractivity contribution < 1.29 is 0 Å². The lowest BCUT2D eigenvalue weighted by molar-refractivity contribution is 0.545. The summed E-state index contributed by atoms with van der Waals surface area (Å²) in [6.07, 6.45) is 6.08. The Morgan fingerprint density at radius 2 is 2.19 bits per heavy atom. The van der Waals surface area contributed by atoms with Gasteiger partial charge >= 0.3 is 0 Å². The van der Waals surface area contributed by atoms with Crippen molar-refractivity contribution in [3.63, 3.8) is 0 Å². The van der Waals surface area contributed by atoms with Crippen molar-refractivity contribution >= 4 is 0 Å². The minimum atomic E-state index is 0.0275. The summed E-state index contributed by atoms with van der Waals surface area (Å²) >= 11 is 0. The van der Waals surface area contributed by atoms with E-state index in [1.54, 1.807) is 17.1 Å². The maximum absolute atomic E-state index is 5.53. The van der Waals surface area contributed by atoms with E-state index in [9.17, 15) is 0 Å². The highest BCUT2D eigenvalue weighted by atomic mass is 15.4. The zero-order valence-corrected chi connectivity index (χ0v) is 9.04. The highest BCUT2D eigenvalue weighted by Crippen LogP contribution is 2.14. The smallest absolute Gasteiger partial charge is 0.0846 e. The second-order valence-corrected chi connectivity index (χ2v) is 3.59. The summed E-state index contributed by atoms with van der Waals surface area (Å²) < 4.78 is 1.68. The molecule has 84 valence electrons. The second kappa shape index (κ2) is 4.82. The molecule has 0 amide bonds. The molecule has 0 saturated heterocycles. The van der Waals surface area contributed by atoms with Gasteiger partial charge in [0, 0.05) is 32.1 Å². The first-order valence-electron chi connectivity index (χ1n) is 5.01. The van der Waals surface area contributed by atoms with Crippen molar-refractivity contribution in [3.8, 4) is 0 Å². The number of hydrogen-bond donors (Lipinski definition) is 2. The molecule has 1 atom stereocenters. The van der Waals surface area contributed by atoms with E-state index in [-0.39, 0.29) is 6.04 Å². The average Bonchev–Trinajstić information content (AvgIpc) is 2.73. The number of aromatic nitrogens is 4. The first kappa shape index (κ1) is 10.7. The van der Waals surface area contributed by atoms with E-state index >= 15 is 0 Å². The Morgan fingerprint density at radius 1 is 1.44 bits per heavy atom. The van der Waals surface area contributed by atoms with Gasteiger partial charge in [0.2, 0.25) is 0 Å². The Bertz CT molecular complexity index is 438. The third-order valence-electron chi connectivity index (χ3n) is 2.37. The number of nitrogens with one attached hydrogen (secondary N) is 1. The van der Waals surface area contributed by atoms with E-state index in [2.05, 4.69) is 20.7 Å². The summed E-state index contributed by atoms with van der Waals surface area (Å²) in [5, 5.41) is 7.91. The molecule has 0 spiro atoms. The Kier molecular flexibility index (Phi) is 3.23. The van der Waals surface area contributed by atoms with Gasteiger partial charge in [-0.1, -0.05) is 5.21 Å². The fraction of sp³-hybridized carbons (Fsp3) is 0.300. The molecule has 0 bridgehead atoms. The fourth-order valence-electron chi connectivity index (χ4n) is 1.57. The molecule has 6 heteroatoms. The molecule has 0 aliphatic carbocycles. The van der Waals surface area contributed by atoms with Gasteiger partial charge in [-0.3, -0.25) is 20.9 Å². The van der Waals surface area contributed by atoms with Gasteiger partial charge in [0.25, 0.3) is 0 Å². The Morgan fingerprint density at radius 3 is 2.75 bits per heavy atom. The minimum absolute atomic E-state index is 0.0275. The van der Waals surface area contributed by atoms with E-state index in [1.807, 2.05) is 25.4 Å². The number of aryl methyl sites for hydroxylation is 1. The number of hydrogen-bond acceptors (Lipinski definition) is 5. The van der Waals surface area contributed by atoms with Crippen LogP contribution >= 0.6 is 0 Å². The first-order valence-corrected chi connectivity index (χ1v) is 5.01. The van der Waals surface area contributed by atoms with Crippen LogP contribution in [0.25, 0.3) is 0 Å². The molecule has 0 saturated carbocycles. The highest BCUT2D eigenvalue weighted by Gasteiger charge is 2.12. The van der Waals surface area contributed by atoms with Crippen molar-refractivity contribution in [2.24, 2.45) is 12.9 Å². The molecular weight excluding hydrogens is 204 g/mol. The standard InChI is InChI=1S/C10H14N6/c1-16-7-9(14-15-16)6-10(13-11)8-2-4-12-5-3-8/h2-5,7,10,13H,6,11H2,1H3. The summed E-state index contributed by atoms with van der Waals surface area (Å²) in [5.41, 5.74) is 4.76. The van der Waals surface area contributed by atoms with Crippen LogP contribution in [0.5, 0.6) is 0 Å². The Balaban J connectivity index is 2.12. The molecular formula is C10H14N6. The van der Waals surface area contributed by atoms with Crippen LogP contribution in [0.3, 0.4) is 0 Å². The van der Waals surface area contributed by atoms with Crippen LogP contribution in [-0.2, 0) is 13.5 Å². The van der Waals surface area contributed by atoms with Crippen LogP contribution in [0.2, 0.25) is 0 Å². The molecule has 0 aliphatic heterocycles. The van der Waals surface area contributed by atoms with Crippen LogP contribution in [-0.4, -0.2) is 20.0 Å². The van der Waals surface area contributed by atoms with Crippen molar-refractivity contribution in [2.75, 3.05) is 0 Å². The van der Waals surface area contributed by atoms with E-state index in [0.29, 0.717) is 6.42 Å². The minimum Gasteiger partial charge on any atom is -0.271 e. The summed E-state index contributed by atoms with van der Waals surface area (Å²) in [6.45, 7) is 0. The summed E-state index contributed by atoms with van der Waals surface area (Å²) in [4.78, 5) is 3.97. The van der Waals surface area contributed by atoms with Gasteiger partial charge < -0.3 is 0 Å². The van der Waals surface area contributed by atoms with Crippen LogP contribution in [0.1, 0.15) is 17.3 Å². The molecule has 2 aromatic rings. The van der Waals surface area contributed by atoms with Gasteiger partial charge in [-0.15, -0.1) is 5.10 Å². The monoisotopic (exact) mass is 218 g/mol. The van der Waals surface area contributed by atoms with Crippen molar-refractivity contribution in [1.82, 2.24) is 25.4 Å². The van der Waals surface area contributed by atoms with E-state index < -0.39 is 0 Å². The maximum atomic E-state index is 5.53. The molecule has 0 radical (unpaired) electrons. The third-order valence-corrected chi connectivity index (χ3v) is 2.37. The predicted molar refractivity (Wildman–Crippen MR) is 59.0 cm³/mol. The molecule has 3 N–H and O–H groups in total. The van der Waals surface area contributed by atoms with Crippen LogP contribution in [0.15, 0.2) is 30.7 Å². The average molecular weight is 218 g/mol. The molecule has 0 fully saturated rings. The Hall–Kier alpha value is -1.79. The Labute approximate surface area is 93.5 Å². The lowest BCUT2D eigenvalue weighted by Crippen LogP contribution is -2.29. The molecule has 2 rings (SSSR count). The number of pyridine rings is 1. The molecule has 0 aliphatic rings. The van der Waals surface area contributed by atoms with Crippen molar-refractivity contribution in [3.05, 3.63) is 42.0 Å². The van der Waals surface area contributed by atoms with Crippen molar-refractivity contribution in [1.29, 1.82) is 0 Å². The molecule has 1 unspecified atom stereocenters. The van der Waals surface area contributed by atoms with E-state index in [1.165, 1.54) is 0 Å². The van der Waals surface area contributed by atoms with Gasteiger partial charge in [-0.2, -0.15) is 0 Å². The molecule has 2 aromatic heterocycles. The largest absolute Gasteiger partial charge is 0.271 e. The predicted octanol–water partition coefficient (Wildman–Crippen LogP) is -0.0428. The second-order valence-electron chi connectivity index (χ2n) is 3.59. The third kappa shape index (κ3) is 2.41. The van der Waals surface area contributed by atoms with Gasteiger partial charge in [0.15, 0.2) is 0 Å². The number of rotatable bonds is 4. The molecule has 2 heterocycles. The summed E-state index contributed by atoms with van der Waals surface area (Å²) in [6, 6.07) is 3.89. The zero-order valence-electron chi connectivity index (χ0n) is 9.04. The zero-order chi connectivity index (χ0) is 11.4. The molecule has 0 aromatic carbocycles. The number of hydrazine groups is 1. The highest BCUT2D eigenvalue weighted by molar-refractivity contribution is 5.16. The summed E-state index contributed by atoms with van der Waals surface area (Å²) in [7, 11) is 1.84. The van der Waals surface area contributed by atoms with Crippen molar-refractivity contribution in [2.45, 2.75) is 12.5 Å². The van der Waals surface area contributed by atoms with Gasteiger partial charge in [0.1, 0.15) is 0 Å². The van der Waals surface area contributed by atoms with Gasteiger partial charge in [-0.05, 0) is 17.7 Å². The van der Waals surface area contributed by atoms with E-state index in [4.69, 9.17) is 5.84 Å². The lowest BCUT2D eigenvalue weighted by atomic mass is 10.0. The first-order chi connectivity index (χ1) is 7.79. The van der Waals surface area contributed by atoms with Crippen LogP contribution in [0.4, 0.5) is 0 Å². The quantitative estimate of drug-likeness (QED) is 0.555. The SMILES string of the molecule is Cn1cc(CC(NN)c2ccncc2)nn1. The van der Waals surface area contributed by atoms with Crippen LogP contribution in [0, 0.1) is 0 Å². The molecule has 6 nitrogen and oxygen atoms in total. The lowest BCUT2D eigenvalue weighted by Gasteiger charge is -2.14. The number of nitrogens with two attached hydrogens (primary N) is 1. The fourth-order valence-corrected chi connectivity index (χ4v) is 1.57. The maximum Gasteiger partial charge on any atom is 0.0846 e. The molecule has 16 heavy (non-hydrogen) atoms. The van der Waals surface area contributed by atoms with Crippen LogP contribution < -0.4 is 11.3 Å².